The SMILES string of the molecule is CCCc1n[nH]c(=S)n1-c1cc(C)ccc1Cl. The fourth-order valence-electron chi connectivity index (χ4n) is 1.76. The average molecular weight is 268 g/mol. The van der Waals surface area contributed by atoms with E-state index < -0.39 is 0 Å². The molecule has 0 unspecified atom stereocenters. The van der Waals surface area contributed by atoms with Gasteiger partial charge in [-0.1, -0.05) is 24.6 Å². The summed E-state index contributed by atoms with van der Waals surface area (Å²) in [4.78, 5) is 0. The van der Waals surface area contributed by atoms with Crippen LogP contribution in [0.15, 0.2) is 18.2 Å². The van der Waals surface area contributed by atoms with Gasteiger partial charge in [-0.25, -0.2) is 0 Å². The number of hydrogen-bond acceptors (Lipinski definition) is 2. The molecule has 0 spiro atoms. The normalized spacial score (nSPS) is 10.8. The molecule has 1 aromatic heterocycles. The topological polar surface area (TPSA) is 33.6 Å². The molecule has 0 aliphatic carbocycles. The van der Waals surface area contributed by atoms with E-state index in [4.69, 9.17) is 23.8 Å². The van der Waals surface area contributed by atoms with Gasteiger partial charge in [0.15, 0.2) is 4.77 Å². The number of hydrogen-bond donors (Lipinski definition) is 1. The van der Waals surface area contributed by atoms with Gasteiger partial charge >= 0.3 is 0 Å². The molecule has 0 atom stereocenters. The van der Waals surface area contributed by atoms with Crippen LogP contribution in [0, 0.1) is 11.7 Å². The minimum atomic E-state index is 0.584. The van der Waals surface area contributed by atoms with Crippen LogP contribution < -0.4 is 0 Å². The Hall–Kier alpha value is -1.13. The van der Waals surface area contributed by atoms with Crippen LogP contribution in [0.4, 0.5) is 0 Å². The van der Waals surface area contributed by atoms with E-state index in [0.717, 1.165) is 29.9 Å². The first-order valence-electron chi connectivity index (χ1n) is 5.56. The number of rotatable bonds is 3. The molecule has 2 aromatic rings. The Morgan fingerprint density at radius 3 is 2.94 bits per heavy atom. The van der Waals surface area contributed by atoms with Gasteiger partial charge in [0, 0.05) is 6.42 Å². The molecule has 1 aromatic carbocycles. The van der Waals surface area contributed by atoms with E-state index in [1.807, 2.05) is 29.7 Å². The van der Waals surface area contributed by atoms with Crippen LogP contribution in [0.25, 0.3) is 5.69 Å². The number of nitrogens with zero attached hydrogens (tertiary/aromatic N) is 2. The van der Waals surface area contributed by atoms with Crippen molar-refractivity contribution in [2.45, 2.75) is 26.7 Å². The zero-order chi connectivity index (χ0) is 12.4. The van der Waals surface area contributed by atoms with Crippen molar-refractivity contribution in [2.75, 3.05) is 0 Å². The molecule has 0 saturated heterocycles. The number of aromatic amines is 1. The Morgan fingerprint density at radius 2 is 2.24 bits per heavy atom. The van der Waals surface area contributed by atoms with Crippen molar-refractivity contribution >= 4 is 23.8 Å². The van der Waals surface area contributed by atoms with Gasteiger partial charge in [-0.2, -0.15) is 5.10 Å². The second kappa shape index (κ2) is 5.02. The maximum Gasteiger partial charge on any atom is 0.199 e. The molecule has 2 rings (SSSR count). The molecular formula is C12H14ClN3S. The van der Waals surface area contributed by atoms with Crippen LogP contribution in [-0.4, -0.2) is 14.8 Å². The van der Waals surface area contributed by atoms with Crippen molar-refractivity contribution < 1.29 is 0 Å². The fourth-order valence-corrected chi connectivity index (χ4v) is 2.21. The Balaban J connectivity index is 2.63. The molecule has 0 radical (unpaired) electrons. The third-order valence-corrected chi connectivity index (χ3v) is 3.15. The summed E-state index contributed by atoms with van der Waals surface area (Å²) in [6, 6.07) is 5.89. The molecule has 17 heavy (non-hydrogen) atoms. The van der Waals surface area contributed by atoms with Crippen LogP contribution >= 0.6 is 23.8 Å². The van der Waals surface area contributed by atoms with Crippen molar-refractivity contribution in [1.82, 2.24) is 14.8 Å². The van der Waals surface area contributed by atoms with Gasteiger partial charge in [0.25, 0.3) is 0 Å². The molecule has 0 aliphatic rings. The maximum absolute atomic E-state index is 6.22. The van der Waals surface area contributed by atoms with Gasteiger partial charge in [-0.15, -0.1) is 0 Å². The quantitative estimate of drug-likeness (QED) is 0.857. The highest BCUT2D eigenvalue weighted by Crippen LogP contribution is 2.23. The molecule has 0 fully saturated rings. The highest BCUT2D eigenvalue weighted by atomic mass is 35.5. The minimum Gasteiger partial charge on any atom is -0.271 e. The van der Waals surface area contributed by atoms with Gasteiger partial charge in [0.2, 0.25) is 0 Å². The third-order valence-electron chi connectivity index (χ3n) is 2.56. The maximum atomic E-state index is 6.22. The predicted octanol–water partition coefficient (Wildman–Crippen LogP) is 3.84. The average Bonchev–Trinajstić information content (AvgIpc) is 2.64. The first-order valence-corrected chi connectivity index (χ1v) is 6.35. The molecule has 0 aliphatic heterocycles. The van der Waals surface area contributed by atoms with E-state index in [0.29, 0.717) is 9.79 Å². The summed E-state index contributed by atoms with van der Waals surface area (Å²) in [6.45, 7) is 4.14. The molecule has 5 heteroatoms. The molecule has 0 amide bonds. The number of nitrogens with one attached hydrogen (secondary N) is 1. The Kier molecular flexibility index (Phi) is 3.64. The monoisotopic (exact) mass is 267 g/mol. The number of H-pyrrole nitrogens is 1. The standard InChI is InChI=1S/C12H14ClN3S/c1-3-4-11-14-15-12(17)16(11)10-7-8(2)5-6-9(10)13/h5-7H,3-4H2,1-2H3,(H,15,17). The molecule has 0 saturated carbocycles. The van der Waals surface area contributed by atoms with Crippen molar-refractivity contribution in [3.8, 4) is 5.69 Å². The fraction of sp³-hybridized carbons (Fsp3) is 0.333. The summed E-state index contributed by atoms with van der Waals surface area (Å²) in [6.07, 6.45) is 1.89. The molecular weight excluding hydrogens is 254 g/mol. The summed E-state index contributed by atoms with van der Waals surface area (Å²) in [5.74, 6) is 0.921. The van der Waals surface area contributed by atoms with Gasteiger partial charge < -0.3 is 0 Å². The van der Waals surface area contributed by atoms with Crippen LogP contribution in [0.5, 0.6) is 0 Å². The minimum absolute atomic E-state index is 0.584. The Labute approximate surface area is 110 Å². The largest absolute Gasteiger partial charge is 0.271 e. The molecule has 3 nitrogen and oxygen atoms in total. The smallest absolute Gasteiger partial charge is 0.199 e. The number of aryl methyl sites for hydroxylation is 2. The molecule has 0 bridgehead atoms. The highest BCUT2D eigenvalue weighted by molar-refractivity contribution is 7.71. The van der Waals surface area contributed by atoms with Gasteiger partial charge in [0.1, 0.15) is 5.82 Å². The lowest BCUT2D eigenvalue weighted by Crippen LogP contribution is -2.02. The summed E-state index contributed by atoms with van der Waals surface area (Å²) in [5.41, 5.74) is 2.05. The van der Waals surface area contributed by atoms with Crippen LogP contribution in [0.2, 0.25) is 5.02 Å². The van der Waals surface area contributed by atoms with E-state index in [2.05, 4.69) is 17.1 Å². The molecule has 90 valence electrons. The number of halogens is 1. The van der Waals surface area contributed by atoms with Crippen LogP contribution in [-0.2, 0) is 6.42 Å². The molecule has 1 heterocycles. The van der Waals surface area contributed by atoms with Crippen molar-refractivity contribution in [1.29, 1.82) is 0 Å². The Bertz CT molecular complexity index is 586. The molecule has 1 N–H and O–H groups in total. The second-order valence-corrected chi connectivity index (χ2v) is 4.78. The van der Waals surface area contributed by atoms with Crippen molar-refractivity contribution in [3.63, 3.8) is 0 Å². The van der Waals surface area contributed by atoms with Crippen LogP contribution in [0.3, 0.4) is 0 Å². The lowest BCUT2D eigenvalue weighted by molar-refractivity contribution is 0.801. The van der Waals surface area contributed by atoms with E-state index in [1.54, 1.807) is 0 Å². The van der Waals surface area contributed by atoms with Crippen molar-refractivity contribution in [3.05, 3.63) is 39.4 Å². The van der Waals surface area contributed by atoms with E-state index in [1.165, 1.54) is 0 Å². The lowest BCUT2D eigenvalue weighted by Gasteiger charge is -2.09. The summed E-state index contributed by atoms with van der Waals surface area (Å²) < 4.78 is 2.50. The zero-order valence-electron chi connectivity index (χ0n) is 9.83. The summed E-state index contributed by atoms with van der Waals surface area (Å²) >= 11 is 11.5. The summed E-state index contributed by atoms with van der Waals surface area (Å²) in [7, 11) is 0. The van der Waals surface area contributed by atoms with Gasteiger partial charge in [-0.3, -0.25) is 9.67 Å². The van der Waals surface area contributed by atoms with E-state index in [-0.39, 0.29) is 0 Å². The van der Waals surface area contributed by atoms with Crippen molar-refractivity contribution in [2.24, 2.45) is 0 Å². The highest BCUT2D eigenvalue weighted by Gasteiger charge is 2.10. The van der Waals surface area contributed by atoms with E-state index >= 15 is 0 Å². The Morgan fingerprint density at radius 1 is 1.47 bits per heavy atom. The number of aromatic nitrogens is 3. The summed E-state index contributed by atoms with van der Waals surface area (Å²) in [5, 5.41) is 7.75. The second-order valence-electron chi connectivity index (χ2n) is 3.99. The lowest BCUT2D eigenvalue weighted by atomic mass is 10.2. The van der Waals surface area contributed by atoms with Crippen LogP contribution in [0.1, 0.15) is 24.7 Å². The van der Waals surface area contributed by atoms with E-state index in [9.17, 15) is 0 Å². The van der Waals surface area contributed by atoms with Gasteiger partial charge in [0.05, 0.1) is 10.7 Å². The predicted molar refractivity (Wildman–Crippen MR) is 72.5 cm³/mol. The zero-order valence-corrected chi connectivity index (χ0v) is 11.4. The van der Waals surface area contributed by atoms with Gasteiger partial charge in [-0.05, 0) is 43.3 Å². The third kappa shape index (κ3) is 2.42. The first kappa shape index (κ1) is 12.3. The first-order chi connectivity index (χ1) is 8.13. The number of benzene rings is 1.